The minimum absolute atomic E-state index is 0.134. The Labute approximate surface area is 195 Å². The molecule has 0 saturated carbocycles. The van der Waals surface area contributed by atoms with Gasteiger partial charge in [0.2, 0.25) is 0 Å². The first-order valence-electron chi connectivity index (χ1n) is 9.94. The minimum atomic E-state index is -0.995. The summed E-state index contributed by atoms with van der Waals surface area (Å²) in [6.07, 6.45) is 0. The largest absolute Gasteiger partial charge is 0.507 e. The van der Waals surface area contributed by atoms with Gasteiger partial charge in [0.05, 0.1) is 42.1 Å². The number of phenolic OH excluding ortho intramolecular Hbond substituents is 1. The average Bonchev–Trinajstić information content (AvgIpc) is 3.09. The number of aromatic hydroxyl groups is 1. The molecule has 0 radical (unpaired) electrons. The molecule has 1 amide bonds. The number of phenols is 1. The topological polar surface area (TPSA) is 96.3 Å². The van der Waals surface area contributed by atoms with Crippen molar-refractivity contribution < 1.29 is 29.3 Å². The van der Waals surface area contributed by atoms with E-state index in [1.54, 1.807) is 42.5 Å². The van der Waals surface area contributed by atoms with Gasteiger partial charge < -0.3 is 19.7 Å². The molecule has 1 aliphatic rings. The number of carbonyl (C=O) groups excluding carboxylic acids is 2. The number of benzene rings is 3. The van der Waals surface area contributed by atoms with E-state index in [1.165, 1.54) is 43.4 Å². The van der Waals surface area contributed by atoms with Crippen molar-refractivity contribution in [3.05, 3.63) is 88.5 Å². The third-order valence-corrected chi connectivity index (χ3v) is 5.73. The summed E-state index contributed by atoms with van der Waals surface area (Å²) in [5, 5.41) is 22.0. The normalized spacial score (nSPS) is 17.3. The Morgan fingerprint density at radius 2 is 1.58 bits per heavy atom. The monoisotopic (exact) mass is 465 g/mol. The van der Waals surface area contributed by atoms with Crippen molar-refractivity contribution in [1.29, 1.82) is 0 Å². The van der Waals surface area contributed by atoms with Crippen molar-refractivity contribution in [3.63, 3.8) is 0 Å². The Hall–Kier alpha value is -3.97. The van der Waals surface area contributed by atoms with Crippen LogP contribution >= 0.6 is 11.6 Å². The zero-order valence-corrected chi connectivity index (χ0v) is 18.5. The molecule has 1 saturated heterocycles. The molecule has 1 atom stereocenters. The lowest BCUT2D eigenvalue weighted by Gasteiger charge is -2.26. The van der Waals surface area contributed by atoms with Gasteiger partial charge >= 0.3 is 0 Å². The number of rotatable bonds is 5. The summed E-state index contributed by atoms with van der Waals surface area (Å²) in [7, 11) is 2.81. The second-order valence-corrected chi connectivity index (χ2v) is 7.66. The third kappa shape index (κ3) is 3.76. The summed E-state index contributed by atoms with van der Waals surface area (Å²) in [6.45, 7) is 0. The quantitative estimate of drug-likeness (QED) is 0.322. The molecule has 4 rings (SSSR count). The number of carbonyl (C=O) groups is 2. The van der Waals surface area contributed by atoms with Crippen molar-refractivity contribution in [1.82, 2.24) is 0 Å². The number of para-hydroxylation sites is 2. The molecule has 0 aromatic heterocycles. The lowest BCUT2D eigenvalue weighted by atomic mass is 9.94. The Kier molecular flexibility index (Phi) is 5.98. The van der Waals surface area contributed by atoms with Gasteiger partial charge in [0.1, 0.15) is 23.0 Å². The van der Waals surface area contributed by atoms with Crippen molar-refractivity contribution in [2.75, 3.05) is 19.1 Å². The molecule has 1 heterocycles. The highest BCUT2D eigenvalue weighted by atomic mass is 35.5. The Morgan fingerprint density at radius 1 is 0.939 bits per heavy atom. The number of Topliss-reactive ketones (excluding diaryl/α,β-unsaturated/α-hetero) is 1. The van der Waals surface area contributed by atoms with Gasteiger partial charge in [0, 0.05) is 6.07 Å². The summed E-state index contributed by atoms with van der Waals surface area (Å²) in [5.41, 5.74) is 0.696. The number of anilines is 1. The van der Waals surface area contributed by atoms with Crippen LogP contribution in [-0.4, -0.2) is 36.1 Å². The molecular weight excluding hydrogens is 446 g/mol. The zero-order valence-electron chi connectivity index (χ0n) is 17.8. The number of ketones is 1. The predicted molar refractivity (Wildman–Crippen MR) is 124 cm³/mol. The van der Waals surface area contributed by atoms with Crippen molar-refractivity contribution in [2.45, 2.75) is 6.04 Å². The first kappa shape index (κ1) is 22.2. The van der Waals surface area contributed by atoms with E-state index in [2.05, 4.69) is 0 Å². The molecule has 33 heavy (non-hydrogen) atoms. The number of hydrogen-bond donors (Lipinski definition) is 2. The fourth-order valence-corrected chi connectivity index (χ4v) is 4.12. The molecule has 0 aliphatic carbocycles. The predicted octanol–water partition coefficient (Wildman–Crippen LogP) is 4.69. The molecule has 8 heteroatoms. The number of hydrogen-bond acceptors (Lipinski definition) is 6. The number of nitrogens with zero attached hydrogens (tertiary/aromatic N) is 1. The summed E-state index contributed by atoms with van der Waals surface area (Å²) in [6, 6.07) is 16.9. The fourth-order valence-electron chi connectivity index (χ4n) is 3.89. The van der Waals surface area contributed by atoms with E-state index in [1.807, 2.05) is 0 Å². The van der Waals surface area contributed by atoms with Gasteiger partial charge in [-0.1, -0.05) is 54.1 Å². The van der Waals surface area contributed by atoms with Crippen LogP contribution in [-0.2, 0) is 9.59 Å². The first-order valence-corrected chi connectivity index (χ1v) is 10.3. The molecule has 1 fully saturated rings. The number of ether oxygens (including phenoxy) is 2. The number of halogens is 1. The van der Waals surface area contributed by atoms with Crippen molar-refractivity contribution in [3.8, 4) is 17.2 Å². The van der Waals surface area contributed by atoms with Crippen LogP contribution in [0.4, 0.5) is 5.69 Å². The third-order valence-electron chi connectivity index (χ3n) is 5.43. The highest BCUT2D eigenvalue weighted by Gasteiger charge is 2.47. The molecular formula is C25H20ClNO6. The lowest BCUT2D eigenvalue weighted by Crippen LogP contribution is -2.29. The van der Waals surface area contributed by atoms with Gasteiger partial charge in [-0.2, -0.15) is 0 Å². The molecule has 3 aromatic rings. The van der Waals surface area contributed by atoms with Gasteiger partial charge in [0.25, 0.3) is 11.7 Å². The van der Waals surface area contributed by atoms with Crippen LogP contribution in [0.5, 0.6) is 17.2 Å². The molecule has 7 nitrogen and oxygen atoms in total. The molecule has 2 N–H and O–H groups in total. The number of methoxy groups -OCH3 is 2. The summed E-state index contributed by atoms with van der Waals surface area (Å²) in [5.74, 6) is -1.96. The molecule has 1 aliphatic heterocycles. The van der Waals surface area contributed by atoms with Gasteiger partial charge in [-0.25, -0.2) is 0 Å². The Bertz CT molecular complexity index is 1270. The van der Waals surface area contributed by atoms with E-state index >= 15 is 0 Å². The molecule has 3 aromatic carbocycles. The van der Waals surface area contributed by atoms with Gasteiger partial charge in [-0.15, -0.1) is 0 Å². The van der Waals surface area contributed by atoms with Crippen LogP contribution < -0.4 is 14.4 Å². The van der Waals surface area contributed by atoms with Crippen molar-refractivity contribution in [2.24, 2.45) is 0 Å². The number of aliphatic hydroxyl groups excluding tert-OH is 1. The average molecular weight is 466 g/mol. The first-order chi connectivity index (χ1) is 15.9. The van der Waals surface area contributed by atoms with E-state index < -0.39 is 23.5 Å². The van der Waals surface area contributed by atoms with E-state index in [0.717, 1.165) is 0 Å². The highest BCUT2D eigenvalue weighted by Crippen LogP contribution is 2.46. The molecule has 0 bridgehead atoms. The number of aliphatic hydroxyl groups is 1. The summed E-state index contributed by atoms with van der Waals surface area (Å²) in [4.78, 5) is 27.6. The van der Waals surface area contributed by atoms with E-state index in [4.69, 9.17) is 21.1 Å². The molecule has 0 spiro atoms. The maximum absolute atomic E-state index is 13.2. The second kappa shape index (κ2) is 8.88. The van der Waals surface area contributed by atoms with E-state index in [9.17, 15) is 19.8 Å². The Balaban J connectivity index is 2.01. The highest BCUT2D eigenvalue weighted by molar-refractivity contribution is 6.52. The maximum Gasteiger partial charge on any atom is 0.300 e. The van der Waals surface area contributed by atoms with E-state index in [0.29, 0.717) is 5.56 Å². The summed E-state index contributed by atoms with van der Waals surface area (Å²) < 4.78 is 10.6. The Morgan fingerprint density at radius 3 is 2.21 bits per heavy atom. The molecule has 1 unspecified atom stereocenters. The van der Waals surface area contributed by atoms with Gasteiger partial charge in [0.15, 0.2) is 0 Å². The van der Waals surface area contributed by atoms with E-state index in [-0.39, 0.29) is 39.1 Å². The van der Waals surface area contributed by atoms with Crippen LogP contribution in [0.15, 0.2) is 72.3 Å². The van der Waals surface area contributed by atoms with Crippen LogP contribution in [0.25, 0.3) is 5.76 Å². The lowest BCUT2D eigenvalue weighted by molar-refractivity contribution is -0.132. The van der Waals surface area contributed by atoms with Crippen LogP contribution in [0.1, 0.15) is 17.2 Å². The maximum atomic E-state index is 13.2. The minimum Gasteiger partial charge on any atom is -0.507 e. The van der Waals surface area contributed by atoms with Gasteiger partial charge in [-0.05, 0) is 23.8 Å². The van der Waals surface area contributed by atoms with Crippen LogP contribution in [0, 0.1) is 0 Å². The zero-order chi connectivity index (χ0) is 23.7. The van der Waals surface area contributed by atoms with Crippen LogP contribution in [0.2, 0.25) is 5.02 Å². The second-order valence-electron chi connectivity index (χ2n) is 7.26. The van der Waals surface area contributed by atoms with Crippen LogP contribution in [0.3, 0.4) is 0 Å². The fraction of sp³-hybridized carbons (Fsp3) is 0.120. The van der Waals surface area contributed by atoms with Gasteiger partial charge in [-0.3, -0.25) is 14.5 Å². The smallest absolute Gasteiger partial charge is 0.300 e. The molecule has 168 valence electrons. The standard InChI is InChI=1S/C25H20ClNO6/c1-32-19-13-16(26)20(33-2)12-15(19)23(29)21-22(14-8-4-3-5-9-14)27(25(31)24(21)30)17-10-6-7-11-18(17)28/h3-13,22,28-29H,1-2H3/b23-21+. The number of amides is 1. The summed E-state index contributed by atoms with van der Waals surface area (Å²) >= 11 is 6.18. The SMILES string of the molecule is COc1cc(/C(O)=C2\C(=O)C(=O)N(c3ccccc3O)C2c2ccccc2)c(OC)cc1Cl. The van der Waals surface area contributed by atoms with Crippen molar-refractivity contribution >= 4 is 34.7 Å².